The van der Waals surface area contributed by atoms with Crippen LogP contribution >= 0.6 is 0 Å². The fourth-order valence-electron chi connectivity index (χ4n) is 4.93. The van der Waals surface area contributed by atoms with E-state index in [4.69, 9.17) is 10.5 Å². The first-order chi connectivity index (χ1) is 7.65. The molecule has 0 saturated heterocycles. The SMILES string of the molecule is CC(N)COCC12CC3CC(CC(C3)C1)C2. The van der Waals surface area contributed by atoms with Gasteiger partial charge in [0.2, 0.25) is 0 Å². The molecule has 0 spiro atoms. The fraction of sp³-hybridized carbons (Fsp3) is 1.00. The van der Waals surface area contributed by atoms with E-state index in [-0.39, 0.29) is 6.04 Å². The quantitative estimate of drug-likeness (QED) is 0.795. The normalized spacial score (nSPS) is 47.2. The van der Waals surface area contributed by atoms with E-state index in [0.29, 0.717) is 5.41 Å². The maximum absolute atomic E-state index is 5.85. The molecule has 2 nitrogen and oxygen atoms in total. The highest BCUT2D eigenvalue weighted by Gasteiger charge is 2.50. The zero-order valence-corrected chi connectivity index (χ0v) is 10.5. The van der Waals surface area contributed by atoms with Crippen LogP contribution in [-0.4, -0.2) is 19.3 Å². The highest BCUT2D eigenvalue weighted by Crippen LogP contribution is 2.59. The zero-order valence-electron chi connectivity index (χ0n) is 10.5. The van der Waals surface area contributed by atoms with E-state index in [9.17, 15) is 0 Å². The van der Waals surface area contributed by atoms with Gasteiger partial charge < -0.3 is 10.5 Å². The van der Waals surface area contributed by atoms with Gasteiger partial charge in [-0.1, -0.05) is 0 Å². The van der Waals surface area contributed by atoms with Crippen LogP contribution in [-0.2, 0) is 4.74 Å². The Balaban J connectivity index is 1.60. The molecule has 0 amide bonds. The summed E-state index contributed by atoms with van der Waals surface area (Å²) in [7, 11) is 0. The summed E-state index contributed by atoms with van der Waals surface area (Å²) in [5, 5.41) is 0. The molecule has 0 aliphatic heterocycles. The lowest BCUT2D eigenvalue weighted by atomic mass is 9.50. The largest absolute Gasteiger partial charge is 0.379 e. The van der Waals surface area contributed by atoms with E-state index in [1.54, 1.807) is 0 Å². The molecule has 4 bridgehead atoms. The molecule has 0 aromatic rings. The Labute approximate surface area is 98.9 Å². The summed E-state index contributed by atoms with van der Waals surface area (Å²) in [6, 6.07) is 0.189. The molecule has 4 rings (SSSR count). The number of rotatable bonds is 4. The van der Waals surface area contributed by atoms with Crippen molar-refractivity contribution in [3.05, 3.63) is 0 Å². The third kappa shape index (κ3) is 2.02. The molecule has 16 heavy (non-hydrogen) atoms. The first-order valence-electron chi connectivity index (χ1n) is 6.98. The molecular weight excluding hydrogens is 198 g/mol. The molecule has 4 aliphatic carbocycles. The zero-order chi connectivity index (χ0) is 11.2. The van der Waals surface area contributed by atoms with Gasteiger partial charge in [-0.05, 0) is 68.6 Å². The minimum Gasteiger partial charge on any atom is -0.379 e. The van der Waals surface area contributed by atoms with Crippen molar-refractivity contribution >= 4 is 0 Å². The molecule has 4 fully saturated rings. The Morgan fingerprint density at radius 1 is 1.12 bits per heavy atom. The van der Waals surface area contributed by atoms with Crippen LogP contribution in [0.3, 0.4) is 0 Å². The molecule has 1 unspecified atom stereocenters. The van der Waals surface area contributed by atoms with Crippen molar-refractivity contribution < 1.29 is 4.74 Å². The van der Waals surface area contributed by atoms with Crippen LogP contribution in [0, 0.1) is 23.2 Å². The molecule has 4 aliphatic rings. The minimum atomic E-state index is 0.189. The van der Waals surface area contributed by atoms with Gasteiger partial charge in [0.25, 0.3) is 0 Å². The van der Waals surface area contributed by atoms with Crippen molar-refractivity contribution in [3.63, 3.8) is 0 Å². The van der Waals surface area contributed by atoms with Gasteiger partial charge in [-0.3, -0.25) is 0 Å². The van der Waals surface area contributed by atoms with Gasteiger partial charge in [-0.2, -0.15) is 0 Å². The molecule has 0 heterocycles. The Morgan fingerprint density at radius 2 is 1.62 bits per heavy atom. The average molecular weight is 223 g/mol. The molecule has 2 N–H and O–H groups in total. The van der Waals surface area contributed by atoms with Gasteiger partial charge in [-0.15, -0.1) is 0 Å². The lowest BCUT2D eigenvalue weighted by Crippen LogP contribution is -2.48. The molecule has 0 aromatic carbocycles. The van der Waals surface area contributed by atoms with Gasteiger partial charge in [0, 0.05) is 6.04 Å². The van der Waals surface area contributed by atoms with Gasteiger partial charge in [0.15, 0.2) is 0 Å². The molecule has 2 heteroatoms. The Kier molecular flexibility index (Phi) is 2.75. The maximum Gasteiger partial charge on any atom is 0.0615 e. The van der Waals surface area contributed by atoms with E-state index >= 15 is 0 Å². The van der Waals surface area contributed by atoms with Gasteiger partial charge in [-0.25, -0.2) is 0 Å². The summed E-state index contributed by atoms with van der Waals surface area (Å²) >= 11 is 0. The molecule has 0 radical (unpaired) electrons. The number of ether oxygens (including phenoxy) is 1. The van der Waals surface area contributed by atoms with Crippen LogP contribution in [0.1, 0.15) is 45.4 Å². The van der Waals surface area contributed by atoms with Crippen LogP contribution in [0.4, 0.5) is 0 Å². The molecule has 4 saturated carbocycles. The molecule has 0 aromatic heterocycles. The van der Waals surface area contributed by atoms with E-state index in [1.807, 2.05) is 6.92 Å². The lowest BCUT2D eigenvalue weighted by Gasteiger charge is -2.56. The minimum absolute atomic E-state index is 0.189. The standard InChI is InChI=1S/C14H25NO/c1-10(15)8-16-9-14-5-11-2-12(6-14)4-13(3-11)7-14/h10-13H,2-9,15H2,1H3. The van der Waals surface area contributed by atoms with Crippen molar-refractivity contribution in [3.8, 4) is 0 Å². The predicted octanol–water partition coefficient (Wildman–Crippen LogP) is 2.57. The predicted molar refractivity (Wildman–Crippen MR) is 65.1 cm³/mol. The second-order valence-electron chi connectivity index (χ2n) is 6.91. The smallest absolute Gasteiger partial charge is 0.0615 e. The van der Waals surface area contributed by atoms with Crippen LogP contribution < -0.4 is 5.73 Å². The summed E-state index contributed by atoms with van der Waals surface area (Å²) in [4.78, 5) is 0. The topological polar surface area (TPSA) is 35.2 Å². The van der Waals surface area contributed by atoms with Crippen molar-refractivity contribution in [1.82, 2.24) is 0 Å². The van der Waals surface area contributed by atoms with Gasteiger partial charge >= 0.3 is 0 Å². The number of hydrogen-bond acceptors (Lipinski definition) is 2. The highest BCUT2D eigenvalue weighted by atomic mass is 16.5. The molecule has 92 valence electrons. The van der Waals surface area contributed by atoms with Crippen molar-refractivity contribution in [2.24, 2.45) is 28.9 Å². The van der Waals surface area contributed by atoms with Crippen LogP contribution in [0.5, 0.6) is 0 Å². The molecule has 1 atom stereocenters. The second-order valence-corrected chi connectivity index (χ2v) is 6.91. The second kappa shape index (κ2) is 3.99. The summed E-state index contributed by atoms with van der Waals surface area (Å²) in [5.41, 5.74) is 6.30. The first-order valence-corrected chi connectivity index (χ1v) is 6.98. The lowest BCUT2D eigenvalue weighted by molar-refractivity contribution is -0.0972. The van der Waals surface area contributed by atoms with E-state index in [1.165, 1.54) is 38.5 Å². The van der Waals surface area contributed by atoms with Crippen molar-refractivity contribution in [2.45, 2.75) is 51.5 Å². The van der Waals surface area contributed by atoms with Gasteiger partial charge in [0.1, 0.15) is 0 Å². The maximum atomic E-state index is 5.85. The summed E-state index contributed by atoms with van der Waals surface area (Å²) in [6.07, 6.45) is 8.89. The van der Waals surface area contributed by atoms with Crippen LogP contribution in [0.2, 0.25) is 0 Å². The number of hydrogen-bond donors (Lipinski definition) is 1. The monoisotopic (exact) mass is 223 g/mol. The molecular formula is C14H25NO. The van der Waals surface area contributed by atoms with E-state index in [2.05, 4.69) is 0 Å². The average Bonchev–Trinajstić information content (AvgIpc) is 2.13. The van der Waals surface area contributed by atoms with Crippen molar-refractivity contribution in [1.29, 1.82) is 0 Å². The number of nitrogens with two attached hydrogens (primary N) is 1. The summed E-state index contributed by atoms with van der Waals surface area (Å²) in [5.74, 6) is 3.10. The summed E-state index contributed by atoms with van der Waals surface area (Å²) < 4.78 is 5.85. The Morgan fingerprint density at radius 3 is 2.06 bits per heavy atom. The van der Waals surface area contributed by atoms with Crippen molar-refractivity contribution in [2.75, 3.05) is 13.2 Å². The fourth-order valence-corrected chi connectivity index (χ4v) is 4.93. The van der Waals surface area contributed by atoms with E-state index in [0.717, 1.165) is 31.0 Å². The summed E-state index contributed by atoms with van der Waals surface area (Å²) in [6.45, 7) is 3.75. The van der Waals surface area contributed by atoms with Crippen LogP contribution in [0.15, 0.2) is 0 Å². The Hall–Kier alpha value is -0.0800. The third-order valence-corrected chi connectivity index (χ3v) is 4.95. The van der Waals surface area contributed by atoms with Crippen LogP contribution in [0.25, 0.3) is 0 Å². The third-order valence-electron chi connectivity index (χ3n) is 4.95. The van der Waals surface area contributed by atoms with E-state index < -0.39 is 0 Å². The highest BCUT2D eigenvalue weighted by molar-refractivity contribution is 5.01. The Bertz CT molecular complexity index is 226. The first kappa shape index (κ1) is 11.0. The van der Waals surface area contributed by atoms with Gasteiger partial charge in [0.05, 0.1) is 13.2 Å².